The fraction of sp³-hybridized carbons (Fsp3) is 0.548. The van der Waals surface area contributed by atoms with Gasteiger partial charge in [0.25, 0.3) is 5.91 Å². The summed E-state index contributed by atoms with van der Waals surface area (Å²) in [7, 11) is 1.35. The van der Waals surface area contributed by atoms with Gasteiger partial charge in [0, 0.05) is 12.1 Å². The molecule has 2 aromatic rings. The van der Waals surface area contributed by atoms with Crippen molar-refractivity contribution in [3.63, 3.8) is 0 Å². The van der Waals surface area contributed by atoms with Gasteiger partial charge in [0.05, 0.1) is 32.5 Å². The first-order valence-electron chi connectivity index (χ1n) is 14.1. The third kappa shape index (κ3) is 8.07. The lowest BCUT2D eigenvalue weighted by Gasteiger charge is -2.27. The smallest absolute Gasteiger partial charge is 0.328 e. The lowest BCUT2D eigenvalue weighted by Crippen LogP contribution is -2.42. The van der Waals surface area contributed by atoms with Crippen LogP contribution in [-0.2, 0) is 25.7 Å². The van der Waals surface area contributed by atoms with E-state index in [0.717, 1.165) is 47.3 Å². The number of carbonyl (C=O) groups excluding carboxylic acids is 2. The normalized spacial score (nSPS) is 19.1. The Morgan fingerprint density at radius 3 is 2.64 bits per heavy atom. The number of carbonyl (C=O) groups is 2. The number of thioether (sulfide) groups is 1. The van der Waals surface area contributed by atoms with Gasteiger partial charge >= 0.3 is 5.97 Å². The van der Waals surface area contributed by atoms with Crippen LogP contribution in [0.25, 0.3) is 11.1 Å². The molecule has 1 aliphatic heterocycles. The van der Waals surface area contributed by atoms with Gasteiger partial charge in [-0.25, -0.2) is 4.79 Å². The zero-order valence-corrected chi connectivity index (χ0v) is 24.3. The zero-order chi connectivity index (χ0) is 27.6. The van der Waals surface area contributed by atoms with Gasteiger partial charge in [-0.3, -0.25) is 9.63 Å². The fourth-order valence-electron chi connectivity index (χ4n) is 5.40. The van der Waals surface area contributed by atoms with Gasteiger partial charge in [-0.05, 0) is 79.0 Å². The molecule has 2 atom stereocenters. The van der Waals surface area contributed by atoms with E-state index in [9.17, 15) is 9.59 Å². The molecular formula is C31H42N2O5S. The number of hydroxylamine groups is 2. The van der Waals surface area contributed by atoms with Crippen molar-refractivity contribution in [2.45, 2.75) is 76.6 Å². The standard InChI is InChI=1S/C31H42N2O5S/c1-22-9-7-8-12-26(22)28-19-23(13-14-27(28)30(34)32-29(16-18-39-3)31(35)36-2)20-33-24(15-17-38-33)21-37-25-10-5-4-6-11-25/h7-9,12-14,19,24-25,29H,4-6,10-11,15-18,20-21H2,1-3H3,(H,32,34)/t24?,29-/m0/s1. The number of esters is 1. The van der Waals surface area contributed by atoms with Gasteiger partial charge in [-0.1, -0.05) is 49.6 Å². The zero-order valence-electron chi connectivity index (χ0n) is 23.4. The minimum absolute atomic E-state index is 0.217. The van der Waals surface area contributed by atoms with E-state index in [2.05, 4.69) is 11.4 Å². The second kappa shape index (κ2) is 14.8. The van der Waals surface area contributed by atoms with E-state index in [0.29, 0.717) is 37.8 Å². The number of amides is 1. The molecule has 2 aliphatic rings. The molecule has 1 saturated carbocycles. The van der Waals surface area contributed by atoms with E-state index in [1.54, 1.807) is 11.8 Å². The molecule has 8 heteroatoms. The van der Waals surface area contributed by atoms with Crippen LogP contribution in [0.4, 0.5) is 0 Å². The number of methoxy groups -OCH3 is 1. The molecule has 1 unspecified atom stereocenters. The molecule has 1 heterocycles. The predicted octanol–water partition coefficient (Wildman–Crippen LogP) is 5.54. The van der Waals surface area contributed by atoms with Gasteiger partial charge in [-0.2, -0.15) is 16.8 Å². The largest absolute Gasteiger partial charge is 0.467 e. The highest BCUT2D eigenvalue weighted by Gasteiger charge is 2.29. The van der Waals surface area contributed by atoms with Gasteiger partial charge in [0.1, 0.15) is 6.04 Å². The summed E-state index contributed by atoms with van der Waals surface area (Å²) in [4.78, 5) is 31.9. The van der Waals surface area contributed by atoms with Crippen LogP contribution in [0.5, 0.6) is 0 Å². The highest BCUT2D eigenvalue weighted by molar-refractivity contribution is 7.98. The van der Waals surface area contributed by atoms with Gasteiger partial charge in [-0.15, -0.1) is 0 Å². The quantitative estimate of drug-likeness (QED) is 0.345. The molecule has 0 spiro atoms. The molecule has 0 aromatic heterocycles. The van der Waals surface area contributed by atoms with E-state index < -0.39 is 12.0 Å². The summed E-state index contributed by atoms with van der Waals surface area (Å²) in [5.41, 5.74) is 4.49. The summed E-state index contributed by atoms with van der Waals surface area (Å²) in [6, 6.07) is 13.5. The first kappa shape index (κ1) is 29.6. The van der Waals surface area contributed by atoms with Crippen LogP contribution in [0.1, 0.15) is 66.4 Å². The van der Waals surface area contributed by atoms with E-state index in [1.807, 2.05) is 54.6 Å². The maximum atomic E-state index is 13.5. The number of aryl methyl sites for hydroxylation is 1. The summed E-state index contributed by atoms with van der Waals surface area (Å²) < 4.78 is 11.2. The molecule has 212 valence electrons. The number of benzene rings is 2. The first-order valence-corrected chi connectivity index (χ1v) is 15.5. The van der Waals surface area contributed by atoms with Crippen molar-refractivity contribution in [2.24, 2.45) is 0 Å². The Hall–Kier alpha value is -2.39. The minimum atomic E-state index is -0.692. The van der Waals surface area contributed by atoms with E-state index in [1.165, 1.54) is 26.4 Å². The number of nitrogens with one attached hydrogen (secondary N) is 1. The molecule has 1 N–H and O–H groups in total. The Morgan fingerprint density at radius 1 is 1.10 bits per heavy atom. The summed E-state index contributed by atoms with van der Waals surface area (Å²) in [6.07, 6.45) is 9.95. The SMILES string of the molecule is COC(=O)[C@H](CCSC)NC(=O)c1ccc(CN2OCCC2COC2CCCCC2)cc1-c1ccccc1C. The van der Waals surface area contributed by atoms with Gasteiger partial charge in [0.2, 0.25) is 0 Å². The Kier molecular flexibility index (Phi) is 11.3. The Balaban J connectivity index is 1.53. The first-order chi connectivity index (χ1) is 19.0. The van der Waals surface area contributed by atoms with E-state index >= 15 is 0 Å². The Bertz CT molecular complexity index is 1100. The van der Waals surface area contributed by atoms with Crippen molar-refractivity contribution in [3.8, 4) is 11.1 Å². The van der Waals surface area contributed by atoms with Crippen molar-refractivity contribution in [3.05, 3.63) is 59.2 Å². The van der Waals surface area contributed by atoms with Crippen LogP contribution >= 0.6 is 11.8 Å². The fourth-order valence-corrected chi connectivity index (χ4v) is 5.88. The summed E-state index contributed by atoms with van der Waals surface area (Å²) in [6.45, 7) is 4.02. The molecule has 2 aromatic carbocycles. The number of rotatable bonds is 12. The van der Waals surface area contributed by atoms with Crippen LogP contribution in [0, 0.1) is 6.92 Å². The van der Waals surface area contributed by atoms with Crippen molar-refractivity contribution >= 4 is 23.6 Å². The average Bonchev–Trinajstić information content (AvgIpc) is 3.41. The molecular weight excluding hydrogens is 512 g/mol. The van der Waals surface area contributed by atoms with Crippen molar-refractivity contribution in [1.82, 2.24) is 10.4 Å². The molecule has 1 aliphatic carbocycles. The molecule has 0 radical (unpaired) electrons. The van der Waals surface area contributed by atoms with Crippen molar-refractivity contribution in [2.75, 3.05) is 32.3 Å². The predicted molar refractivity (Wildman–Crippen MR) is 156 cm³/mol. The van der Waals surface area contributed by atoms with Crippen LogP contribution in [0.2, 0.25) is 0 Å². The average molecular weight is 555 g/mol. The monoisotopic (exact) mass is 554 g/mol. The minimum Gasteiger partial charge on any atom is -0.467 e. The van der Waals surface area contributed by atoms with E-state index in [-0.39, 0.29) is 11.9 Å². The van der Waals surface area contributed by atoms with Gasteiger partial charge in [0.15, 0.2) is 0 Å². The number of ether oxygens (including phenoxy) is 2. The van der Waals surface area contributed by atoms with Crippen molar-refractivity contribution in [1.29, 1.82) is 0 Å². The highest BCUT2D eigenvalue weighted by Crippen LogP contribution is 2.30. The topological polar surface area (TPSA) is 77.1 Å². The molecule has 0 bridgehead atoms. The number of hydrogen-bond acceptors (Lipinski definition) is 7. The second-order valence-electron chi connectivity index (χ2n) is 10.5. The van der Waals surface area contributed by atoms with Crippen molar-refractivity contribution < 1.29 is 23.9 Å². The molecule has 39 heavy (non-hydrogen) atoms. The van der Waals surface area contributed by atoms with Crippen LogP contribution < -0.4 is 5.32 Å². The highest BCUT2D eigenvalue weighted by atomic mass is 32.2. The van der Waals surface area contributed by atoms with Crippen LogP contribution in [0.15, 0.2) is 42.5 Å². The lowest BCUT2D eigenvalue weighted by atomic mass is 9.93. The summed E-state index contributed by atoms with van der Waals surface area (Å²) in [5, 5.41) is 4.95. The van der Waals surface area contributed by atoms with Crippen LogP contribution in [-0.4, -0.2) is 67.5 Å². The molecule has 7 nitrogen and oxygen atoms in total. The third-order valence-corrected chi connectivity index (χ3v) is 8.34. The van der Waals surface area contributed by atoms with Gasteiger partial charge < -0.3 is 14.8 Å². The summed E-state index contributed by atoms with van der Waals surface area (Å²) in [5.74, 6) is 0.0251. The molecule has 2 fully saturated rings. The molecule has 1 saturated heterocycles. The van der Waals surface area contributed by atoms with E-state index in [4.69, 9.17) is 14.3 Å². The number of nitrogens with zero attached hydrogens (tertiary/aromatic N) is 1. The Labute approximate surface area is 236 Å². The second-order valence-corrected chi connectivity index (χ2v) is 11.5. The van der Waals surface area contributed by atoms with Crippen LogP contribution in [0.3, 0.4) is 0 Å². The molecule has 4 rings (SSSR count). The maximum absolute atomic E-state index is 13.5. The summed E-state index contributed by atoms with van der Waals surface area (Å²) >= 11 is 1.63. The maximum Gasteiger partial charge on any atom is 0.328 e. The lowest BCUT2D eigenvalue weighted by molar-refractivity contribution is -0.154. The third-order valence-electron chi connectivity index (χ3n) is 7.70. The Morgan fingerprint density at radius 2 is 1.90 bits per heavy atom. The number of hydrogen-bond donors (Lipinski definition) is 1. The molecule has 1 amide bonds.